The molecule has 0 saturated heterocycles. The molecule has 1 atom stereocenters. The molecule has 0 aliphatic rings. The SMILES string of the molecule is COCCC(F)C=O. The van der Waals surface area contributed by atoms with E-state index < -0.39 is 6.17 Å². The summed E-state index contributed by atoms with van der Waals surface area (Å²) in [4.78, 5) is 9.58. The van der Waals surface area contributed by atoms with Crippen LogP contribution < -0.4 is 0 Å². The van der Waals surface area contributed by atoms with E-state index in [1.807, 2.05) is 0 Å². The molecular formula is C5H9FO2. The quantitative estimate of drug-likeness (QED) is 0.507. The van der Waals surface area contributed by atoms with Gasteiger partial charge in [-0.1, -0.05) is 0 Å². The fourth-order valence-corrected chi connectivity index (χ4v) is 0.298. The van der Waals surface area contributed by atoms with Gasteiger partial charge in [0.15, 0.2) is 12.5 Å². The number of halogens is 1. The number of carbonyl (C=O) groups excluding carboxylic acids is 1. The predicted octanol–water partition coefficient (Wildman–Crippen LogP) is 0.560. The molecule has 2 nitrogen and oxygen atoms in total. The van der Waals surface area contributed by atoms with E-state index in [0.717, 1.165) is 0 Å². The molecule has 0 heterocycles. The number of ether oxygens (including phenoxy) is 1. The van der Waals surface area contributed by atoms with Crippen LogP contribution in [0.15, 0.2) is 0 Å². The second-order valence-electron chi connectivity index (χ2n) is 1.43. The summed E-state index contributed by atoms with van der Waals surface area (Å²) in [6.07, 6.45) is -0.908. The summed E-state index contributed by atoms with van der Waals surface area (Å²) in [6, 6.07) is 0. The highest BCUT2D eigenvalue weighted by Crippen LogP contribution is 1.91. The van der Waals surface area contributed by atoms with Crippen molar-refractivity contribution in [3.8, 4) is 0 Å². The average Bonchev–Trinajstić information content (AvgIpc) is 1.83. The Bertz CT molecular complexity index is 65.4. The third-order valence-corrected chi connectivity index (χ3v) is 0.745. The Morgan fingerprint density at radius 2 is 2.50 bits per heavy atom. The van der Waals surface area contributed by atoms with Crippen molar-refractivity contribution in [2.45, 2.75) is 12.6 Å². The van der Waals surface area contributed by atoms with Gasteiger partial charge in [-0.15, -0.1) is 0 Å². The smallest absolute Gasteiger partial charge is 0.157 e. The second kappa shape index (κ2) is 4.71. The van der Waals surface area contributed by atoms with Crippen LogP contribution in [0.3, 0.4) is 0 Å². The van der Waals surface area contributed by atoms with Gasteiger partial charge in [-0.3, -0.25) is 0 Å². The van der Waals surface area contributed by atoms with E-state index >= 15 is 0 Å². The van der Waals surface area contributed by atoms with Crippen molar-refractivity contribution >= 4 is 6.29 Å². The first kappa shape index (κ1) is 7.56. The van der Waals surface area contributed by atoms with Crippen molar-refractivity contribution < 1.29 is 13.9 Å². The minimum absolute atomic E-state index is 0.167. The van der Waals surface area contributed by atoms with E-state index in [1.54, 1.807) is 0 Å². The zero-order chi connectivity index (χ0) is 6.41. The maximum atomic E-state index is 11.9. The summed E-state index contributed by atoms with van der Waals surface area (Å²) in [5, 5.41) is 0. The highest BCUT2D eigenvalue weighted by molar-refractivity contribution is 5.55. The summed E-state index contributed by atoms with van der Waals surface area (Å²) in [7, 11) is 1.47. The molecule has 1 unspecified atom stereocenters. The number of rotatable bonds is 4. The van der Waals surface area contributed by atoms with Gasteiger partial charge in [-0.25, -0.2) is 4.39 Å². The lowest BCUT2D eigenvalue weighted by Crippen LogP contribution is -2.04. The van der Waals surface area contributed by atoms with Crippen LogP contribution in [0.2, 0.25) is 0 Å². The molecule has 0 fully saturated rings. The first-order valence-corrected chi connectivity index (χ1v) is 2.39. The van der Waals surface area contributed by atoms with Gasteiger partial charge in [0.2, 0.25) is 0 Å². The van der Waals surface area contributed by atoms with Crippen molar-refractivity contribution in [2.75, 3.05) is 13.7 Å². The summed E-state index contributed by atoms with van der Waals surface area (Å²) in [6.45, 7) is 0.305. The molecule has 8 heavy (non-hydrogen) atoms. The number of carbonyl (C=O) groups is 1. The van der Waals surface area contributed by atoms with Crippen LogP contribution in [0.5, 0.6) is 0 Å². The van der Waals surface area contributed by atoms with E-state index in [9.17, 15) is 9.18 Å². The maximum Gasteiger partial charge on any atom is 0.157 e. The first-order valence-electron chi connectivity index (χ1n) is 2.39. The van der Waals surface area contributed by atoms with Crippen LogP contribution in [-0.4, -0.2) is 26.2 Å². The summed E-state index contributed by atoms with van der Waals surface area (Å²) in [5.74, 6) is 0. The Balaban J connectivity index is 2.98. The van der Waals surface area contributed by atoms with E-state index in [4.69, 9.17) is 0 Å². The minimum atomic E-state index is -1.35. The Morgan fingerprint density at radius 3 is 2.88 bits per heavy atom. The molecule has 0 aromatic rings. The first-order chi connectivity index (χ1) is 3.81. The van der Waals surface area contributed by atoms with Crippen molar-refractivity contribution in [3.05, 3.63) is 0 Å². The van der Waals surface area contributed by atoms with Crippen molar-refractivity contribution in [1.82, 2.24) is 0 Å². The van der Waals surface area contributed by atoms with E-state index in [-0.39, 0.29) is 12.7 Å². The van der Waals surface area contributed by atoms with Gasteiger partial charge in [-0.05, 0) is 0 Å². The molecule has 0 aliphatic heterocycles. The second-order valence-corrected chi connectivity index (χ2v) is 1.43. The molecule has 0 bridgehead atoms. The fourth-order valence-electron chi connectivity index (χ4n) is 0.298. The molecule has 0 rings (SSSR count). The third kappa shape index (κ3) is 3.74. The Morgan fingerprint density at radius 1 is 1.88 bits per heavy atom. The molecule has 0 N–H and O–H groups in total. The largest absolute Gasteiger partial charge is 0.385 e. The maximum absolute atomic E-state index is 11.9. The highest BCUT2D eigenvalue weighted by atomic mass is 19.1. The molecule has 0 amide bonds. The zero-order valence-electron chi connectivity index (χ0n) is 4.76. The predicted molar refractivity (Wildman–Crippen MR) is 27.5 cm³/mol. The highest BCUT2D eigenvalue weighted by Gasteiger charge is 2.00. The molecule has 3 heteroatoms. The summed E-state index contributed by atoms with van der Waals surface area (Å²) < 4.78 is 16.4. The molecule has 0 aromatic carbocycles. The average molecular weight is 120 g/mol. The van der Waals surface area contributed by atoms with Crippen molar-refractivity contribution in [2.24, 2.45) is 0 Å². The topological polar surface area (TPSA) is 26.3 Å². The molecular weight excluding hydrogens is 111 g/mol. The van der Waals surface area contributed by atoms with Gasteiger partial charge in [0.1, 0.15) is 0 Å². The Kier molecular flexibility index (Phi) is 4.45. The lowest BCUT2D eigenvalue weighted by Gasteiger charge is -1.95. The van der Waals surface area contributed by atoms with E-state index in [0.29, 0.717) is 6.61 Å². The third-order valence-electron chi connectivity index (χ3n) is 0.745. The van der Waals surface area contributed by atoms with Crippen LogP contribution >= 0.6 is 0 Å². The molecule has 0 spiro atoms. The molecule has 0 saturated carbocycles. The number of hydrogen-bond donors (Lipinski definition) is 0. The number of aldehydes is 1. The molecule has 0 radical (unpaired) electrons. The molecule has 0 aromatic heterocycles. The number of methoxy groups -OCH3 is 1. The van der Waals surface area contributed by atoms with Crippen LogP contribution in [0.4, 0.5) is 4.39 Å². The van der Waals surface area contributed by atoms with Crippen LogP contribution in [-0.2, 0) is 9.53 Å². The zero-order valence-corrected chi connectivity index (χ0v) is 4.76. The van der Waals surface area contributed by atoms with Crippen molar-refractivity contribution in [1.29, 1.82) is 0 Å². The van der Waals surface area contributed by atoms with Gasteiger partial charge in [0.25, 0.3) is 0 Å². The van der Waals surface area contributed by atoms with Crippen LogP contribution in [0.1, 0.15) is 6.42 Å². The summed E-state index contributed by atoms with van der Waals surface area (Å²) in [5.41, 5.74) is 0. The lowest BCUT2D eigenvalue weighted by atomic mass is 10.3. The minimum Gasteiger partial charge on any atom is -0.385 e. The van der Waals surface area contributed by atoms with Crippen molar-refractivity contribution in [3.63, 3.8) is 0 Å². The molecule has 0 aliphatic carbocycles. The van der Waals surface area contributed by atoms with Gasteiger partial charge < -0.3 is 9.53 Å². The monoisotopic (exact) mass is 120 g/mol. The van der Waals surface area contributed by atoms with Gasteiger partial charge >= 0.3 is 0 Å². The Labute approximate surface area is 47.6 Å². The molecule has 48 valence electrons. The number of alkyl halides is 1. The van der Waals surface area contributed by atoms with Crippen LogP contribution in [0, 0.1) is 0 Å². The lowest BCUT2D eigenvalue weighted by molar-refractivity contribution is -0.112. The van der Waals surface area contributed by atoms with E-state index in [2.05, 4.69) is 4.74 Å². The van der Waals surface area contributed by atoms with E-state index in [1.165, 1.54) is 7.11 Å². The normalized spacial score (nSPS) is 13.2. The summed E-state index contributed by atoms with van der Waals surface area (Å²) >= 11 is 0. The van der Waals surface area contributed by atoms with Gasteiger partial charge in [0, 0.05) is 20.1 Å². The Hall–Kier alpha value is -0.440. The fraction of sp³-hybridized carbons (Fsp3) is 0.800. The standard InChI is InChI=1S/C5H9FO2/c1-8-3-2-5(6)4-7/h4-5H,2-3H2,1H3. The van der Waals surface area contributed by atoms with Gasteiger partial charge in [0.05, 0.1) is 0 Å². The number of hydrogen-bond acceptors (Lipinski definition) is 2. The van der Waals surface area contributed by atoms with Crippen LogP contribution in [0.25, 0.3) is 0 Å². The van der Waals surface area contributed by atoms with Gasteiger partial charge in [-0.2, -0.15) is 0 Å².